The molecule has 4 rings (SSSR count). The number of hydrogen-bond donors (Lipinski definition) is 2. The lowest BCUT2D eigenvalue weighted by molar-refractivity contribution is 0.100. The van der Waals surface area contributed by atoms with E-state index in [4.69, 9.17) is 21.9 Å². The molecule has 0 aromatic carbocycles. The molecule has 0 radical (unpaired) electrons. The van der Waals surface area contributed by atoms with Gasteiger partial charge >= 0.3 is 0 Å². The first-order valence-electron chi connectivity index (χ1n) is 7.93. The van der Waals surface area contributed by atoms with Gasteiger partial charge in [-0.15, -0.1) is 22.7 Å². The first kappa shape index (κ1) is 18.7. The van der Waals surface area contributed by atoms with E-state index in [0.717, 1.165) is 0 Å². The standard InChI is InChI=1S/C16H12ClN5O4S2/c17-10-2-1-9(28-10)8(23)3-11-20-12(26-21-11)4-22-6-19-15-13(16(22)25)7(5-27-15)14(18)24/h1-2,5-6,8,23H,3-4H2,(H2,18,24)/t8-/m0/s1. The highest BCUT2D eigenvalue weighted by Gasteiger charge is 2.18. The minimum atomic E-state index is -0.812. The quantitative estimate of drug-likeness (QED) is 0.470. The van der Waals surface area contributed by atoms with Gasteiger partial charge in [-0.3, -0.25) is 14.2 Å². The van der Waals surface area contributed by atoms with Crippen LogP contribution in [0, 0.1) is 0 Å². The van der Waals surface area contributed by atoms with Gasteiger partial charge in [0.2, 0.25) is 11.8 Å². The van der Waals surface area contributed by atoms with Crippen LogP contribution in [0.15, 0.2) is 33.2 Å². The van der Waals surface area contributed by atoms with E-state index in [1.54, 1.807) is 12.1 Å². The van der Waals surface area contributed by atoms with E-state index in [1.165, 1.54) is 38.9 Å². The van der Waals surface area contributed by atoms with Crippen molar-refractivity contribution in [1.29, 1.82) is 0 Å². The van der Waals surface area contributed by atoms with Gasteiger partial charge in [-0.1, -0.05) is 16.8 Å². The van der Waals surface area contributed by atoms with Gasteiger partial charge in [0.25, 0.3) is 5.56 Å². The summed E-state index contributed by atoms with van der Waals surface area (Å²) in [6.07, 6.45) is 0.675. The molecule has 1 atom stereocenters. The van der Waals surface area contributed by atoms with Gasteiger partial charge in [-0.05, 0) is 12.1 Å². The topological polar surface area (TPSA) is 137 Å². The fraction of sp³-hybridized carbons (Fsp3) is 0.188. The molecular weight excluding hydrogens is 426 g/mol. The van der Waals surface area contributed by atoms with Gasteiger partial charge < -0.3 is 15.4 Å². The number of amides is 1. The summed E-state index contributed by atoms with van der Waals surface area (Å²) in [4.78, 5) is 33.7. The minimum absolute atomic E-state index is 0.0241. The minimum Gasteiger partial charge on any atom is -0.387 e. The summed E-state index contributed by atoms with van der Waals surface area (Å²) in [7, 11) is 0. The van der Waals surface area contributed by atoms with E-state index in [0.29, 0.717) is 19.9 Å². The zero-order valence-corrected chi connectivity index (χ0v) is 16.4. The molecule has 4 aromatic heterocycles. The number of hydrogen-bond acceptors (Lipinski definition) is 9. The van der Waals surface area contributed by atoms with Crippen molar-refractivity contribution in [1.82, 2.24) is 19.7 Å². The summed E-state index contributed by atoms with van der Waals surface area (Å²) in [6.45, 7) is -0.0241. The van der Waals surface area contributed by atoms with E-state index >= 15 is 0 Å². The lowest BCUT2D eigenvalue weighted by Gasteiger charge is -2.04. The molecule has 0 saturated carbocycles. The van der Waals surface area contributed by atoms with Crippen LogP contribution in [0.1, 0.15) is 33.1 Å². The second kappa shape index (κ2) is 7.43. The van der Waals surface area contributed by atoms with Crippen LogP contribution in [0.4, 0.5) is 0 Å². The number of primary amides is 1. The number of carbonyl (C=O) groups is 1. The Labute approximate surface area is 170 Å². The second-order valence-electron chi connectivity index (χ2n) is 5.84. The number of aliphatic hydroxyl groups excluding tert-OH is 1. The van der Waals surface area contributed by atoms with E-state index < -0.39 is 17.6 Å². The van der Waals surface area contributed by atoms with Gasteiger partial charge in [0.1, 0.15) is 11.4 Å². The Morgan fingerprint density at radius 3 is 2.96 bits per heavy atom. The van der Waals surface area contributed by atoms with Crippen LogP contribution in [-0.2, 0) is 13.0 Å². The Kier molecular flexibility index (Phi) is 4.98. The molecular formula is C16H12ClN5O4S2. The Hall–Kier alpha value is -2.60. The summed E-state index contributed by atoms with van der Waals surface area (Å²) in [5.41, 5.74) is 5.03. The van der Waals surface area contributed by atoms with Gasteiger partial charge in [0, 0.05) is 16.7 Å². The number of nitrogens with zero attached hydrogens (tertiary/aromatic N) is 4. The molecule has 28 heavy (non-hydrogen) atoms. The fourth-order valence-corrected chi connectivity index (χ4v) is 4.56. The predicted molar refractivity (Wildman–Crippen MR) is 104 cm³/mol. The average molecular weight is 438 g/mol. The third kappa shape index (κ3) is 3.56. The Morgan fingerprint density at radius 1 is 1.43 bits per heavy atom. The summed E-state index contributed by atoms with van der Waals surface area (Å²) in [6, 6.07) is 3.43. The molecule has 0 spiro atoms. The van der Waals surface area contributed by atoms with Gasteiger partial charge in [0.05, 0.1) is 27.7 Å². The van der Waals surface area contributed by atoms with Crippen molar-refractivity contribution in [3.05, 3.63) is 60.7 Å². The number of fused-ring (bicyclic) bond motifs is 1. The lowest BCUT2D eigenvalue weighted by Crippen LogP contribution is -2.23. The molecule has 0 fully saturated rings. The number of aromatic nitrogens is 4. The number of thiophene rings is 2. The van der Waals surface area contributed by atoms with E-state index in [2.05, 4.69) is 15.1 Å². The Balaban J connectivity index is 1.55. The fourth-order valence-electron chi connectivity index (χ4n) is 2.63. The first-order valence-corrected chi connectivity index (χ1v) is 10.0. The SMILES string of the molecule is NC(=O)c1csc2ncn(Cc3nc(C[C@H](O)c4ccc(Cl)s4)no3)c(=O)c12. The van der Waals surface area contributed by atoms with Gasteiger partial charge in [0.15, 0.2) is 5.82 Å². The zero-order chi connectivity index (χ0) is 19.8. The number of nitrogens with two attached hydrogens (primary N) is 1. The van der Waals surface area contributed by atoms with Gasteiger partial charge in [-0.25, -0.2) is 4.98 Å². The maximum absolute atomic E-state index is 12.7. The highest BCUT2D eigenvalue weighted by atomic mass is 35.5. The molecule has 0 unspecified atom stereocenters. The third-order valence-electron chi connectivity index (χ3n) is 3.94. The third-order valence-corrected chi connectivity index (χ3v) is 6.16. The van der Waals surface area contributed by atoms with Crippen LogP contribution in [0.5, 0.6) is 0 Å². The largest absolute Gasteiger partial charge is 0.387 e. The molecule has 3 N–H and O–H groups in total. The molecule has 12 heteroatoms. The number of halogens is 1. The van der Waals surface area contributed by atoms with Crippen LogP contribution in [0.3, 0.4) is 0 Å². The van der Waals surface area contributed by atoms with Crippen LogP contribution in [-0.4, -0.2) is 30.7 Å². The van der Waals surface area contributed by atoms with Crippen molar-refractivity contribution >= 4 is 50.4 Å². The summed E-state index contributed by atoms with van der Waals surface area (Å²) in [5.74, 6) is -0.223. The van der Waals surface area contributed by atoms with Crippen LogP contribution in [0.2, 0.25) is 4.34 Å². The van der Waals surface area contributed by atoms with E-state index in [-0.39, 0.29) is 29.8 Å². The van der Waals surface area contributed by atoms with Crippen molar-refractivity contribution in [2.24, 2.45) is 5.73 Å². The van der Waals surface area contributed by atoms with Crippen molar-refractivity contribution in [3.63, 3.8) is 0 Å². The average Bonchev–Trinajstić information content (AvgIpc) is 3.37. The molecule has 4 aromatic rings. The Morgan fingerprint density at radius 2 is 2.25 bits per heavy atom. The van der Waals surface area contributed by atoms with Crippen LogP contribution >= 0.6 is 34.3 Å². The number of aliphatic hydroxyl groups is 1. The smallest absolute Gasteiger partial charge is 0.263 e. The molecule has 0 aliphatic heterocycles. The molecule has 0 aliphatic rings. The molecule has 144 valence electrons. The van der Waals surface area contributed by atoms with Crippen LogP contribution < -0.4 is 11.3 Å². The summed E-state index contributed by atoms with van der Waals surface area (Å²) in [5, 5.41) is 15.7. The first-order chi connectivity index (χ1) is 13.4. The lowest BCUT2D eigenvalue weighted by atomic mass is 10.2. The summed E-state index contributed by atoms with van der Waals surface area (Å²) >= 11 is 8.31. The second-order valence-corrected chi connectivity index (χ2v) is 8.44. The van der Waals surface area contributed by atoms with Crippen LogP contribution in [0.25, 0.3) is 10.2 Å². The highest BCUT2D eigenvalue weighted by Crippen LogP contribution is 2.28. The number of carbonyl (C=O) groups excluding carboxylic acids is 1. The number of rotatable bonds is 6. The zero-order valence-electron chi connectivity index (χ0n) is 14.0. The molecule has 0 aliphatic carbocycles. The van der Waals surface area contributed by atoms with E-state index in [9.17, 15) is 14.7 Å². The Bertz CT molecular complexity index is 1230. The normalized spacial score (nSPS) is 12.5. The van der Waals surface area contributed by atoms with Gasteiger partial charge in [-0.2, -0.15) is 4.98 Å². The van der Waals surface area contributed by atoms with E-state index in [1.807, 2.05) is 0 Å². The molecule has 0 saturated heterocycles. The highest BCUT2D eigenvalue weighted by molar-refractivity contribution is 7.17. The summed E-state index contributed by atoms with van der Waals surface area (Å²) < 4.78 is 7.00. The molecule has 4 heterocycles. The predicted octanol–water partition coefficient (Wildman–Crippen LogP) is 1.98. The van der Waals surface area contributed by atoms with Crippen molar-refractivity contribution in [2.75, 3.05) is 0 Å². The monoisotopic (exact) mass is 437 g/mol. The molecule has 1 amide bonds. The molecule has 9 nitrogen and oxygen atoms in total. The van der Waals surface area contributed by atoms with Crippen molar-refractivity contribution < 1.29 is 14.4 Å². The maximum atomic E-state index is 12.7. The van der Waals surface area contributed by atoms with Crippen molar-refractivity contribution in [3.8, 4) is 0 Å². The molecule has 0 bridgehead atoms. The van der Waals surface area contributed by atoms with Crippen molar-refractivity contribution in [2.45, 2.75) is 19.1 Å². The maximum Gasteiger partial charge on any atom is 0.263 e.